The Balaban J connectivity index is 2.29. The third-order valence-electron chi connectivity index (χ3n) is 1.36. The Morgan fingerprint density at radius 2 is 2.00 bits per heavy atom. The van der Waals surface area contributed by atoms with Gasteiger partial charge in [-0.1, -0.05) is 30.4 Å². The molecule has 64 valence electrons. The van der Waals surface area contributed by atoms with Crippen molar-refractivity contribution >= 4 is 29.0 Å². The summed E-state index contributed by atoms with van der Waals surface area (Å²) in [6.07, 6.45) is 0.814. The average Bonchev–Trinajstić information content (AvgIpc) is 2.05. The van der Waals surface area contributed by atoms with Crippen molar-refractivity contribution in [3.8, 4) is 0 Å². The van der Waals surface area contributed by atoms with Crippen molar-refractivity contribution in [2.24, 2.45) is 5.73 Å². The van der Waals surface area contributed by atoms with Gasteiger partial charge in [0.05, 0.1) is 4.99 Å². The lowest BCUT2D eigenvalue weighted by atomic mass is 10.4. The normalized spacial score (nSPS) is 9.67. The Morgan fingerprint density at radius 1 is 1.33 bits per heavy atom. The molecule has 0 fully saturated rings. The molecular formula is C9H11NS2. The van der Waals surface area contributed by atoms with Crippen LogP contribution in [0.2, 0.25) is 0 Å². The van der Waals surface area contributed by atoms with Gasteiger partial charge in [0.1, 0.15) is 0 Å². The first-order chi connectivity index (χ1) is 5.79. The molecule has 1 aromatic carbocycles. The van der Waals surface area contributed by atoms with Crippen LogP contribution >= 0.6 is 24.0 Å². The molecule has 1 aromatic rings. The maximum absolute atomic E-state index is 5.37. The minimum atomic E-state index is 0.596. The highest BCUT2D eigenvalue weighted by molar-refractivity contribution is 7.99. The van der Waals surface area contributed by atoms with Crippen LogP contribution in [0.15, 0.2) is 35.2 Å². The molecule has 1 nitrogen and oxygen atoms in total. The van der Waals surface area contributed by atoms with E-state index in [-0.39, 0.29) is 0 Å². The van der Waals surface area contributed by atoms with E-state index in [4.69, 9.17) is 18.0 Å². The molecular weight excluding hydrogens is 186 g/mol. The van der Waals surface area contributed by atoms with Crippen LogP contribution in [0.4, 0.5) is 0 Å². The molecule has 0 bridgehead atoms. The molecule has 0 amide bonds. The van der Waals surface area contributed by atoms with Crippen molar-refractivity contribution in [1.29, 1.82) is 0 Å². The lowest BCUT2D eigenvalue weighted by Gasteiger charge is -1.99. The predicted octanol–water partition coefficient (Wildman–Crippen LogP) is 2.45. The molecule has 0 aromatic heterocycles. The first-order valence-electron chi connectivity index (χ1n) is 3.75. The van der Waals surface area contributed by atoms with Crippen LogP contribution in [0.25, 0.3) is 0 Å². The van der Waals surface area contributed by atoms with Crippen LogP contribution in [0.5, 0.6) is 0 Å². The van der Waals surface area contributed by atoms with Gasteiger partial charge < -0.3 is 5.73 Å². The molecule has 0 aliphatic carbocycles. The van der Waals surface area contributed by atoms with E-state index in [0.29, 0.717) is 4.99 Å². The minimum Gasteiger partial charge on any atom is -0.393 e. The summed E-state index contributed by atoms with van der Waals surface area (Å²) in [5, 5.41) is 0. The number of rotatable bonds is 4. The van der Waals surface area contributed by atoms with Gasteiger partial charge in [-0.3, -0.25) is 0 Å². The van der Waals surface area contributed by atoms with Gasteiger partial charge in [0.15, 0.2) is 0 Å². The van der Waals surface area contributed by atoms with E-state index in [1.165, 1.54) is 4.90 Å². The number of thiocarbonyl (C=S) groups is 1. The van der Waals surface area contributed by atoms with Crippen LogP contribution in [-0.2, 0) is 0 Å². The number of nitrogens with two attached hydrogens (primary N) is 1. The van der Waals surface area contributed by atoms with Crippen molar-refractivity contribution in [2.75, 3.05) is 5.75 Å². The molecule has 0 aliphatic rings. The van der Waals surface area contributed by atoms with Crippen LogP contribution in [0.3, 0.4) is 0 Å². The second kappa shape index (κ2) is 5.17. The van der Waals surface area contributed by atoms with E-state index < -0.39 is 0 Å². The molecule has 0 saturated heterocycles. The summed E-state index contributed by atoms with van der Waals surface area (Å²) < 4.78 is 0. The topological polar surface area (TPSA) is 26.0 Å². The molecule has 12 heavy (non-hydrogen) atoms. The summed E-state index contributed by atoms with van der Waals surface area (Å²) in [6, 6.07) is 10.2. The zero-order chi connectivity index (χ0) is 8.81. The second-order valence-corrected chi connectivity index (χ2v) is 4.07. The third kappa shape index (κ3) is 3.74. The fourth-order valence-corrected chi connectivity index (χ4v) is 1.92. The standard InChI is InChI=1S/C9H11NS2/c10-9(11)6-7-12-8-4-2-1-3-5-8/h1-5H,6-7H2,(H2,10,11). The fraction of sp³-hybridized carbons (Fsp3) is 0.222. The largest absolute Gasteiger partial charge is 0.393 e. The van der Waals surface area contributed by atoms with E-state index in [0.717, 1.165) is 12.2 Å². The van der Waals surface area contributed by atoms with E-state index in [9.17, 15) is 0 Å². The molecule has 0 radical (unpaired) electrons. The molecule has 3 heteroatoms. The maximum Gasteiger partial charge on any atom is 0.0735 e. The Hall–Kier alpha value is -0.540. The predicted molar refractivity (Wildman–Crippen MR) is 58.6 cm³/mol. The lowest BCUT2D eigenvalue weighted by molar-refractivity contribution is 1.30. The number of thioether (sulfide) groups is 1. The monoisotopic (exact) mass is 197 g/mol. The minimum absolute atomic E-state index is 0.596. The molecule has 0 atom stereocenters. The van der Waals surface area contributed by atoms with E-state index in [1.807, 2.05) is 18.2 Å². The van der Waals surface area contributed by atoms with Crippen molar-refractivity contribution < 1.29 is 0 Å². The highest BCUT2D eigenvalue weighted by Gasteiger charge is 1.93. The summed E-state index contributed by atoms with van der Waals surface area (Å²) in [7, 11) is 0. The van der Waals surface area contributed by atoms with Gasteiger partial charge in [0.25, 0.3) is 0 Å². The zero-order valence-corrected chi connectivity index (χ0v) is 8.33. The smallest absolute Gasteiger partial charge is 0.0735 e. The van der Waals surface area contributed by atoms with Crippen LogP contribution in [0.1, 0.15) is 6.42 Å². The quantitative estimate of drug-likeness (QED) is 0.593. The summed E-state index contributed by atoms with van der Waals surface area (Å²) in [6.45, 7) is 0. The van der Waals surface area contributed by atoms with E-state index in [1.54, 1.807) is 11.8 Å². The molecule has 1 rings (SSSR count). The van der Waals surface area contributed by atoms with Crippen molar-refractivity contribution in [1.82, 2.24) is 0 Å². The van der Waals surface area contributed by atoms with Crippen molar-refractivity contribution in [2.45, 2.75) is 11.3 Å². The van der Waals surface area contributed by atoms with Gasteiger partial charge in [0.2, 0.25) is 0 Å². The summed E-state index contributed by atoms with van der Waals surface area (Å²) in [4.78, 5) is 1.87. The fourth-order valence-electron chi connectivity index (χ4n) is 0.786. The Morgan fingerprint density at radius 3 is 2.58 bits per heavy atom. The van der Waals surface area contributed by atoms with Crippen LogP contribution in [0, 0.1) is 0 Å². The zero-order valence-electron chi connectivity index (χ0n) is 6.69. The average molecular weight is 197 g/mol. The Bertz CT molecular complexity index is 246. The first kappa shape index (κ1) is 9.55. The van der Waals surface area contributed by atoms with Gasteiger partial charge >= 0.3 is 0 Å². The molecule has 0 unspecified atom stereocenters. The van der Waals surface area contributed by atoms with Crippen molar-refractivity contribution in [3.63, 3.8) is 0 Å². The summed E-state index contributed by atoms with van der Waals surface area (Å²) >= 11 is 6.56. The van der Waals surface area contributed by atoms with Crippen molar-refractivity contribution in [3.05, 3.63) is 30.3 Å². The molecule has 0 saturated carbocycles. The molecule has 0 heterocycles. The summed E-state index contributed by atoms with van der Waals surface area (Å²) in [5.41, 5.74) is 5.37. The van der Waals surface area contributed by atoms with E-state index in [2.05, 4.69) is 12.1 Å². The summed E-state index contributed by atoms with van der Waals surface area (Å²) in [5.74, 6) is 0.972. The molecule has 0 spiro atoms. The van der Waals surface area contributed by atoms with Crippen LogP contribution < -0.4 is 5.73 Å². The van der Waals surface area contributed by atoms with Gasteiger partial charge in [0, 0.05) is 17.1 Å². The number of benzene rings is 1. The maximum atomic E-state index is 5.37. The lowest BCUT2D eigenvalue weighted by Crippen LogP contribution is -2.07. The Labute approximate surface area is 82.3 Å². The highest BCUT2D eigenvalue weighted by Crippen LogP contribution is 2.17. The SMILES string of the molecule is NC(=S)CCSc1ccccc1. The third-order valence-corrected chi connectivity index (χ3v) is 2.58. The first-order valence-corrected chi connectivity index (χ1v) is 5.14. The molecule has 2 N–H and O–H groups in total. The Kier molecular flexibility index (Phi) is 4.11. The van der Waals surface area contributed by atoms with Gasteiger partial charge in [-0.15, -0.1) is 11.8 Å². The number of hydrogen-bond donors (Lipinski definition) is 1. The highest BCUT2D eigenvalue weighted by atomic mass is 32.2. The second-order valence-electron chi connectivity index (χ2n) is 2.38. The van der Waals surface area contributed by atoms with Gasteiger partial charge in [-0.2, -0.15) is 0 Å². The van der Waals surface area contributed by atoms with E-state index >= 15 is 0 Å². The van der Waals surface area contributed by atoms with Crippen LogP contribution in [-0.4, -0.2) is 10.7 Å². The molecule has 0 aliphatic heterocycles. The van der Waals surface area contributed by atoms with Gasteiger partial charge in [-0.25, -0.2) is 0 Å². The number of hydrogen-bond acceptors (Lipinski definition) is 2. The van der Waals surface area contributed by atoms with Gasteiger partial charge in [-0.05, 0) is 12.1 Å².